The third-order valence-electron chi connectivity index (χ3n) is 3.52. The molecule has 114 valence electrons. The Labute approximate surface area is 131 Å². The van der Waals surface area contributed by atoms with Gasteiger partial charge in [-0.2, -0.15) is 0 Å². The third kappa shape index (κ3) is 4.18. The Morgan fingerprint density at radius 3 is 2.52 bits per heavy atom. The number of nitrogens with two attached hydrogens (primary N) is 1. The van der Waals surface area contributed by atoms with Gasteiger partial charge in [-0.3, -0.25) is 14.5 Å². The minimum Gasteiger partial charge on any atom is -0.481 e. The lowest BCUT2D eigenvalue weighted by Crippen LogP contribution is -2.49. The highest BCUT2D eigenvalue weighted by molar-refractivity contribution is 9.10. The minimum absolute atomic E-state index is 0.0490. The van der Waals surface area contributed by atoms with E-state index in [-0.39, 0.29) is 12.3 Å². The smallest absolute Gasteiger partial charge is 0.304 e. The Morgan fingerprint density at radius 2 is 1.90 bits per heavy atom. The number of amides is 1. The van der Waals surface area contributed by atoms with E-state index < -0.39 is 5.97 Å². The second-order valence-electron chi connectivity index (χ2n) is 5.02. The zero-order valence-corrected chi connectivity index (χ0v) is 13.2. The first-order valence-corrected chi connectivity index (χ1v) is 7.55. The molecule has 1 heterocycles. The van der Waals surface area contributed by atoms with Crippen LogP contribution < -0.4 is 5.73 Å². The van der Waals surface area contributed by atoms with Crippen LogP contribution in [0.25, 0.3) is 0 Å². The van der Waals surface area contributed by atoms with Crippen LogP contribution in [0.4, 0.5) is 5.69 Å². The fraction of sp³-hybridized carbons (Fsp3) is 0.429. The molecule has 1 aliphatic rings. The molecule has 3 N–H and O–H groups in total. The van der Waals surface area contributed by atoms with E-state index in [4.69, 9.17) is 10.8 Å². The van der Waals surface area contributed by atoms with Crippen molar-refractivity contribution in [2.24, 2.45) is 0 Å². The number of carboxylic acids is 1. The molecule has 0 spiro atoms. The van der Waals surface area contributed by atoms with Gasteiger partial charge in [0.15, 0.2) is 0 Å². The van der Waals surface area contributed by atoms with Crippen molar-refractivity contribution in [1.29, 1.82) is 0 Å². The molecule has 0 aliphatic carbocycles. The molecule has 0 bridgehead atoms. The lowest BCUT2D eigenvalue weighted by atomic mass is 10.1. The number of aliphatic carboxylic acids is 1. The van der Waals surface area contributed by atoms with Crippen molar-refractivity contribution in [2.75, 3.05) is 38.5 Å². The molecule has 2 rings (SSSR count). The first-order valence-electron chi connectivity index (χ1n) is 6.76. The summed E-state index contributed by atoms with van der Waals surface area (Å²) in [5.41, 5.74) is 6.85. The summed E-state index contributed by atoms with van der Waals surface area (Å²) in [6.45, 7) is 3.11. The van der Waals surface area contributed by atoms with E-state index in [9.17, 15) is 9.59 Å². The monoisotopic (exact) mass is 355 g/mol. The Hall–Kier alpha value is -1.60. The van der Waals surface area contributed by atoms with Gasteiger partial charge in [-0.1, -0.05) is 0 Å². The van der Waals surface area contributed by atoms with Crippen LogP contribution in [0.5, 0.6) is 0 Å². The van der Waals surface area contributed by atoms with E-state index in [1.165, 1.54) is 0 Å². The topological polar surface area (TPSA) is 86.9 Å². The fourth-order valence-corrected chi connectivity index (χ4v) is 2.72. The highest BCUT2D eigenvalue weighted by Crippen LogP contribution is 2.21. The highest BCUT2D eigenvalue weighted by atomic mass is 79.9. The number of anilines is 1. The molecule has 0 radical (unpaired) electrons. The van der Waals surface area contributed by atoms with Gasteiger partial charge in [0.2, 0.25) is 0 Å². The summed E-state index contributed by atoms with van der Waals surface area (Å²) < 4.78 is 0.731. The molecule has 0 atom stereocenters. The Kier molecular flexibility index (Phi) is 5.19. The molecule has 1 aromatic rings. The van der Waals surface area contributed by atoms with Gasteiger partial charge in [0.1, 0.15) is 0 Å². The highest BCUT2D eigenvalue weighted by Gasteiger charge is 2.23. The van der Waals surface area contributed by atoms with Crippen LogP contribution >= 0.6 is 15.9 Å². The zero-order chi connectivity index (χ0) is 15.4. The third-order valence-corrected chi connectivity index (χ3v) is 4.21. The predicted molar refractivity (Wildman–Crippen MR) is 83.2 cm³/mol. The summed E-state index contributed by atoms with van der Waals surface area (Å²) in [4.78, 5) is 26.9. The second kappa shape index (κ2) is 6.91. The summed E-state index contributed by atoms with van der Waals surface area (Å²) in [5, 5.41) is 8.68. The van der Waals surface area contributed by atoms with Crippen LogP contribution in [0, 0.1) is 0 Å². The lowest BCUT2D eigenvalue weighted by Gasteiger charge is -2.34. The van der Waals surface area contributed by atoms with Crippen molar-refractivity contribution in [2.45, 2.75) is 6.42 Å². The molecular formula is C14H18BrN3O3. The molecule has 0 saturated carbocycles. The Balaban J connectivity index is 1.94. The quantitative estimate of drug-likeness (QED) is 0.794. The van der Waals surface area contributed by atoms with Gasteiger partial charge in [0, 0.05) is 42.9 Å². The number of rotatable bonds is 4. The predicted octanol–water partition coefficient (Wildman–Crippen LogP) is 1.26. The van der Waals surface area contributed by atoms with Crippen molar-refractivity contribution in [3.8, 4) is 0 Å². The average molecular weight is 356 g/mol. The summed E-state index contributed by atoms with van der Waals surface area (Å²) in [6, 6.07) is 5.18. The average Bonchev–Trinajstić information content (AvgIpc) is 2.47. The van der Waals surface area contributed by atoms with Crippen LogP contribution in [-0.4, -0.2) is 59.5 Å². The molecule has 21 heavy (non-hydrogen) atoms. The standard InChI is InChI=1S/C14H18BrN3O3/c15-12-2-1-10(16)9-11(12)14(21)18-7-5-17(6-8-18)4-3-13(19)20/h1-2,9H,3-8,16H2,(H,19,20). The van der Waals surface area contributed by atoms with Gasteiger partial charge in [-0.15, -0.1) is 0 Å². The van der Waals surface area contributed by atoms with Crippen LogP contribution in [0.3, 0.4) is 0 Å². The van der Waals surface area contributed by atoms with E-state index in [0.29, 0.717) is 44.0 Å². The number of benzene rings is 1. The zero-order valence-electron chi connectivity index (χ0n) is 11.6. The Bertz CT molecular complexity index is 542. The van der Waals surface area contributed by atoms with Gasteiger partial charge in [0.05, 0.1) is 12.0 Å². The van der Waals surface area contributed by atoms with E-state index in [2.05, 4.69) is 20.8 Å². The number of nitrogen functional groups attached to an aromatic ring is 1. The van der Waals surface area contributed by atoms with Crippen LogP contribution in [0.1, 0.15) is 16.8 Å². The van der Waals surface area contributed by atoms with Crippen molar-refractivity contribution >= 4 is 33.5 Å². The summed E-state index contributed by atoms with van der Waals surface area (Å²) in [7, 11) is 0. The molecule has 1 amide bonds. The number of carboxylic acid groups (broad SMARTS) is 1. The number of piperazine rings is 1. The molecule has 6 nitrogen and oxygen atoms in total. The van der Waals surface area contributed by atoms with Gasteiger partial charge in [-0.25, -0.2) is 0 Å². The van der Waals surface area contributed by atoms with Crippen LogP contribution in [0.15, 0.2) is 22.7 Å². The van der Waals surface area contributed by atoms with Crippen molar-refractivity contribution in [1.82, 2.24) is 9.80 Å². The van der Waals surface area contributed by atoms with E-state index in [1.54, 1.807) is 23.1 Å². The van der Waals surface area contributed by atoms with E-state index in [1.807, 2.05) is 0 Å². The van der Waals surface area contributed by atoms with Crippen LogP contribution in [-0.2, 0) is 4.79 Å². The summed E-state index contributed by atoms with van der Waals surface area (Å²) >= 11 is 3.37. The molecule has 1 aromatic carbocycles. The first kappa shape index (κ1) is 15.8. The number of hydrogen-bond acceptors (Lipinski definition) is 4. The van der Waals surface area contributed by atoms with E-state index >= 15 is 0 Å². The molecule has 1 aliphatic heterocycles. The normalized spacial score (nSPS) is 16.0. The number of hydrogen-bond donors (Lipinski definition) is 2. The molecule has 0 unspecified atom stereocenters. The maximum Gasteiger partial charge on any atom is 0.304 e. The molecule has 1 fully saturated rings. The number of halogens is 1. The largest absolute Gasteiger partial charge is 0.481 e. The van der Waals surface area contributed by atoms with Gasteiger partial charge < -0.3 is 15.7 Å². The summed E-state index contributed by atoms with van der Waals surface area (Å²) in [6.07, 6.45) is 0.134. The minimum atomic E-state index is -0.794. The molecular weight excluding hydrogens is 338 g/mol. The number of carbonyl (C=O) groups is 2. The van der Waals surface area contributed by atoms with Crippen molar-refractivity contribution in [3.05, 3.63) is 28.2 Å². The van der Waals surface area contributed by atoms with Gasteiger partial charge >= 0.3 is 5.97 Å². The number of carbonyl (C=O) groups excluding carboxylic acids is 1. The second-order valence-corrected chi connectivity index (χ2v) is 5.87. The lowest BCUT2D eigenvalue weighted by molar-refractivity contribution is -0.137. The molecule has 0 aromatic heterocycles. The Morgan fingerprint density at radius 1 is 1.24 bits per heavy atom. The maximum absolute atomic E-state index is 12.5. The SMILES string of the molecule is Nc1ccc(Br)c(C(=O)N2CCN(CCC(=O)O)CC2)c1. The van der Waals surface area contributed by atoms with Crippen molar-refractivity contribution < 1.29 is 14.7 Å². The summed E-state index contributed by atoms with van der Waals surface area (Å²) in [5.74, 6) is -0.843. The first-order chi connectivity index (χ1) is 9.97. The molecule has 7 heteroatoms. The number of nitrogens with zero attached hydrogens (tertiary/aromatic N) is 2. The van der Waals surface area contributed by atoms with Crippen LogP contribution in [0.2, 0.25) is 0 Å². The molecule has 1 saturated heterocycles. The van der Waals surface area contributed by atoms with Crippen molar-refractivity contribution in [3.63, 3.8) is 0 Å². The van der Waals surface area contributed by atoms with Gasteiger partial charge in [-0.05, 0) is 34.1 Å². The van der Waals surface area contributed by atoms with E-state index in [0.717, 1.165) is 4.47 Å². The maximum atomic E-state index is 12.5. The van der Waals surface area contributed by atoms with Gasteiger partial charge in [0.25, 0.3) is 5.91 Å². The fourth-order valence-electron chi connectivity index (χ4n) is 2.31.